The molecular formula is C46H44N2. The molecule has 0 aliphatic heterocycles. The van der Waals surface area contributed by atoms with Crippen molar-refractivity contribution in [2.45, 2.75) is 52.4 Å². The van der Waals surface area contributed by atoms with Crippen LogP contribution in [0.5, 0.6) is 0 Å². The summed E-state index contributed by atoms with van der Waals surface area (Å²) in [5.74, 6) is 0. The summed E-state index contributed by atoms with van der Waals surface area (Å²) in [5, 5.41) is 0. The predicted octanol–water partition coefficient (Wildman–Crippen LogP) is 12.9. The topological polar surface area (TPSA) is 6.48 Å². The van der Waals surface area contributed by atoms with Crippen LogP contribution in [0.25, 0.3) is 0 Å². The number of anilines is 6. The van der Waals surface area contributed by atoms with Crippen molar-refractivity contribution in [3.63, 3.8) is 0 Å². The van der Waals surface area contributed by atoms with Crippen LogP contribution in [-0.2, 0) is 5.41 Å². The van der Waals surface area contributed by atoms with Crippen molar-refractivity contribution in [1.29, 1.82) is 0 Å². The van der Waals surface area contributed by atoms with Crippen LogP contribution in [0.3, 0.4) is 0 Å². The maximum atomic E-state index is 2.38. The molecule has 0 spiro atoms. The first-order chi connectivity index (χ1) is 23.4. The van der Waals surface area contributed by atoms with Crippen LogP contribution in [-0.4, -0.2) is 0 Å². The summed E-state index contributed by atoms with van der Waals surface area (Å²) < 4.78 is 0. The van der Waals surface area contributed by atoms with E-state index in [1.165, 1.54) is 39.1 Å². The third-order valence-corrected chi connectivity index (χ3v) is 9.86. The molecule has 6 aromatic carbocycles. The molecule has 2 heteroatoms. The molecule has 1 atom stereocenters. The second kappa shape index (κ2) is 13.4. The second-order valence-corrected chi connectivity index (χ2v) is 13.4. The van der Waals surface area contributed by atoms with Gasteiger partial charge in [-0.05, 0) is 136 Å². The molecule has 48 heavy (non-hydrogen) atoms. The minimum absolute atomic E-state index is 0.0810. The van der Waals surface area contributed by atoms with Gasteiger partial charge in [0.2, 0.25) is 0 Å². The third kappa shape index (κ3) is 6.31. The van der Waals surface area contributed by atoms with Gasteiger partial charge in [-0.2, -0.15) is 0 Å². The first-order valence-corrected chi connectivity index (χ1v) is 17.1. The highest BCUT2D eigenvalue weighted by molar-refractivity contribution is 5.78. The van der Waals surface area contributed by atoms with Gasteiger partial charge in [-0.25, -0.2) is 0 Å². The molecule has 1 aliphatic carbocycles. The van der Waals surface area contributed by atoms with Gasteiger partial charge in [0, 0.05) is 39.5 Å². The molecule has 0 fully saturated rings. The molecule has 0 heterocycles. The maximum absolute atomic E-state index is 2.38. The lowest BCUT2D eigenvalue weighted by Gasteiger charge is -2.37. The normalized spacial score (nSPS) is 15.7. The predicted molar refractivity (Wildman–Crippen MR) is 205 cm³/mol. The van der Waals surface area contributed by atoms with Crippen LogP contribution in [0, 0.1) is 27.7 Å². The Hall–Kier alpha value is -5.34. The van der Waals surface area contributed by atoms with Crippen LogP contribution < -0.4 is 9.80 Å². The summed E-state index contributed by atoms with van der Waals surface area (Å²) in [4.78, 5) is 4.72. The Morgan fingerprint density at radius 3 is 1.17 bits per heavy atom. The number of nitrogens with zero attached hydrogens (tertiary/aromatic N) is 2. The fraction of sp³-hybridized carbons (Fsp3) is 0.174. The fourth-order valence-electron chi connectivity index (χ4n) is 7.13. The van der Waals surface area contributed by atoms with Crippen molar-refractivity contribution in [1.82, 2.24) is 0 Å². The fourth-order valence-corrected chi connectivity index (χ4v) is 7.13. The number of hydrogen-bond donors (Lipinski definition) is 0. The summed E-state index contributed by atoms with van der Waals surface area (Å²) in [7, 11) is 0. The molecule has 0 N–H and O–H groups in total. The van der Waals surface area contributed by atoms with E-state index in [0.29, 0.717) is 0 Å². The number of allylic oxidation sites excluding steroid dienone is 2. The second-order valence-electron chi connectivity index (χ2n) is 13.4. The van der Waals surface area contributed by atoms with E-state index >= 15 is 0 Å². The Balaban J connectivity index is 1.26. The minimum Gasteiger partial charge on any atom is -0.311 e. The lowest BCUT2D eigenvalue weighted by Crippen LogP contribution is -2.29. The molecule has 1 aliphatic rings. The summed E-state index contributed by atoms with van der Waals surface area (Å²) >= 11 is 0. The first kappa shape index (κ1) is 31.3. The lowest BCUT2D eigenvalue weighted by atomic mass is 9.67. The number of rotatable bonds is 8. The molecule has 0 amide bonds. The molecule has 2 nitrogen and oxygen atoms in total. The van der Waals surface area contributed by atoms with E-state index in [2.05, 4.69) is 195 Å². The highest BCUT2D eigenvalue weighted by Crippen LogP contribution is 2.45. The van der Waals surface area contributed by atoms with Crippen LogP contribution in [0.15, 0.2) is 158 Å². The Kier molecular flexibility index (Phi) is 8.74. The molecule has 238 valence electrons. The largest absolute Gasteiger partial charge is 0.311 e. The van der Waals surface area contributed by atoms with E-state index in [-0.39, 0.29) is 5.41 Å². The Morgan fingerprint density at radius 1 is 0.396 bits per heavy atom. The quantitative estimate of drug-likeness (QED) is 0.155. The first-order valence-electron chi connectivity index (χ1n) is 17.1. The van der Waals surface area contributed by atoms with Gasteiger partial charge in [0.05, 0.1) is 0 Å². The van der Waals surface area contributed by atoms with Crippen molar-refractivity contribution in [3.05, 3.63) is 191 Å². The molecule has 0 saturated heterocycles. The van der Waals surface area contributed by atoms with Crippen LogP contribution in [0.1, 0.15) is 52.6 Å². The van der Waals surface area contributed by atoms with Gasteiger partial charge in [0.25, 0.3) is 0 Å². The lowest BCUT2D eigenvalue weighted by molar-refractivity contribution is 0.465. The van der Waals surface area contributed by atoms with E-state index in [9.17, 15) is 0 Å². The van der Waals surface area contributed by atoms with Gasteiger partial charge in [-0.15, -0.1) is 0 Å². The van der Waals surface area contributed by atoms with E-state index in [1.54, 1.807) is 0 Å². The standard InChI is InChI=1S/C46H44N2/c1-34-11-21-40(22-12-34)47(41-23-13-35(2)14-24-41)43-27-17-38(18-28-43)46(31-6-5-7-32-46)39-19-29-44(30-20-39)48(42-25-15-36(3)16-26-42)45-10-8-9-37(4)33-45/h5-6,8-30,33H,7,31-32H2,1-4H3. The monoisotopic (exact) mass is 624 g/mol. The molecule has 6 aromatic rings. The van der Waals surface area contributed by atoms with E-state index in [0.717, 1.165) is 47.7 Å². The summed E-state index contributed by atoms with van der Waals surface area (Å²) in [5.41, 5.74) is 14.7. The minimum atomic E-state index is -0.0810. The van der Waals surface area contributed by atoms with Crippen LogP contribution in [0.4, 0.5) is 34.1 Å². The van der Waals surface area contributed by atoms with Crippen molar-refractivity contribution >= 4 is 34.1 Å². The van der Waals surface area contributed by atoms with Crippen LogP contribution in [0.2, 0.25) is 0 Å². The van der Waals surface area contributed by atoms with Gasteiger partial charge >= 0.3 is 0 Å². The van der Waals surface area contributed by atoms with Crippen molar-refractivity contribution in [2.24, 2.45) is 0 Å². The molecule has 7 rings (SSSR count). The molecule has 1 unspecified atom stereocenters. The summed E-state index contributed by atoms with van der Waals surface area (Å²) in [6, 6.07) is 53.9. The zero-order valence-corrected chi connectivity index (χ0v) is 28.5. The molecule has 0 saturated carbocycles. The van der Waals surface area contributed by atoms with E-state index < -0.39 is 0 Å². The average molecular weight is 625 g/mol. The third-order valence-electron chi connectivity index (χ3n) is 9.86. The number of benzene rings is 6. The van der Waals surface area contributed by atoms with Crippen molar-refractivity contribution in [2.75, 3.05) is 9.80 Å². The molecular weight excluding hydrogens is 581 g/mol. The zero-order valence-electron chi connectivity index (χ0n) is 28.5. The molecule has 0 radical (unpaired) electrons. The van der Waals surface area contributed by atoms with Gasteiger partial charge in [-0.3, -0.25) is 0 Å². The van der Waals surface area contributed by atoms with Gasteiger partial charge in [-0.1, -0.05) is 102 Å². The number of aryl methyl sites for hydroxylation is 4. The maximum Gasteiger partial charge on any atom is 0.0464 e. The average Bonchev–Trinajstić information content (AvgIpc) is 3.12. The van der Waals surface area contributed by atoms with E-state index in [4.69, 9.17) is 0 Å². The number of hydrogen-bond acceptors (Lipinski definition) is 2. The zero-order chi connectivity index (χ0) is 33.1. The van der Waals surface area contributed by atoms with Crippen LogP contribution >= 0.6 is 0 Å². The summed E-state index contributed by atoms with van der Waals surface area (Å²) in [6.45, 7) is 8.58. The molecule has 0 bridgehead atoms. The smallest absolute Gasteiger partial charge is 0.0464 e. The van der Waals surface area contributed by atoms with Gasteiger partial charge in [0.15, 0.2) is 0 Å². The molecule has 0 aromatic heterocycles. The van der Waals surface area contributed by atoms with E-state index in [1.807, 2.05) is 0 Å². The Labute approximate surface area is 286 Å². The van der Waals surface area contributed by atoms with Gasteiger partial charge in [0.1, 0.15) is 0 Å². The van der Waals surface area contributed by atoms with Crippen molar-refractivity contribution in [3.8, 4) is 0 Å². The van der Waals surface area contributed by atoms with Gasteiger partial charge < -0.3 is 9.80 Å². The van der Waals surface area contributed by atoms with Crippen molar-refractivity contribution < 1.29 is 0 Å². The Morgan fingerprint density at radius 2 is 0.792 bits per heavy atom. The SMILES string of the molecule is Cc1ccc(N(c2ccc(C)cc2)c2ccc(C3(c4ccc(N(c5ccc(C)cc5)c5cccc(C)c5)cc4)CC=CCC3)cc2)cc1. The highest BCUT2D eigenvalue weighted by atomic mass is 15.1. The summed E-state index contributed by atoms with van der Waals surface area (Å²) in [6.07, 6.45) is 7.86. The Bertz CT molecular complexity index is 1960. The highest BCUT2D eigenvalue weighted by Gasteiger charge is 2.34.